The summed E-state index contributed by atoms with van der Waals surface area (Å²) in [7, 11) is 0. The second kappa shape index (κ2) is 3.46. The van der Waals surface area contributed by atoms with Crippen molar-refractivity contribution < 1.29 is 4.39 Å². The summed E-state index contributed by atoms with van der Waals surface area (Å²) in [5.74, 6) is 0.235. The van der Waals surface area contributed by atoms with Gasteiger partial charge in [-0.2, -0.15) is 0 Å². The van der Waals surface area contributed by atoms with E-state index in [1.54, 1.807) is 6.07 Å². The first-order chi connectivity index (χ1) is 6.31. The number of hydrogen-bond donors (Lipinski definition) is 1. The molecule has 0 bridgehead atoms. The summed E-state index contributed by atoms with van der Waals surface area (Å²) in [6.45, 7) is 0.635. The van der Waals surface area contributed by atoms with Crippen LogP contribution in [0, 0.1) is 5.82 Å². The van der Waals surface area contributed by atoms with Gasteiger partial charge in [-0.1, -0.05) is 6.07 Å². The Morgan fingerprint density at radius 2 is 2.31 bits per heavy atom. The quantitative estimate of drug-likeness (QED) is 0.702. The molecule has 0 amide bonds. The number of nitrogens with two attached hydrogens (primary N) is 1. The molecule has 13 heavy (non-hydrogen) atoms. The van der Waals surface area contributed by atoms with Gasteiger partial charge in [0.25, 0.3) is 0 Å². The Kier molecular flexibility index (Phi) is 2.32. The van der Waals surface area contributed by atoms with Crippen LogP contribution in [0.1, 0.15) is 29.9 Å². The Balaban J connectivity index is 2.41. The van der Waals surface area contributed by atoms with E-state index in [9.17, 15) is 4.39 Å². The predicted octanol–water partition coefficient (Wildman–Crippen LogP) is 2.20. The van der Waals surface area contributed by atoms with Crippen molar-refractivity contribution in [3.05, 3.63) is 35.1 Å². The SMILES string of the molecule is NC[C@H]1CCCc2ccc(F)cc21. The third-order valence-electron chi connectivity index (χ3n) is 2.83. The van der Waals surface area contributed by atoms with E-state index < -0.39 is 0 Å². The average molecular weight is 179 g/mol. The molecule has 0 aromatic heterocycles. The summed E-state index contributed by atoms with van der Waals surface area (Å²) in [6.07, 6.45) is 3.36. The highest BCUT2D eigenvalue weighted by Crippen LogP contribution is 2.30. The van der Waals surface area contributed by atoms with Crippen LogP contribution in [0.3, 0.4) is 0 Å². The van der Waals surface area contributed by atoms with Crippen molar-refractivity contribution in [2.45, 2.75) is 25.2 Å². The lowest BCUT2D eigenvalue weighted by Gasteiger charge is -2.24. The molecule has 0 spiro atoms. The number of rotatable bonds is 1. The second-order valence-electron chi connectivity index (χ2n) is 3.67. The van der Waals surface area contributed by atoms with Crippen molar-refractivity contribution in [1.82, 2.24) is 0 Å². The third kappa shape index (κ3) is 1.59. The van der Waals surface area contributed by atoms with Crippen molar-refractivity contribution in [3.63, 3.8) is 0 Å². The van der Waals surface area contributed by atoms with E-state index in [1.807, 2.05) is 6.07 Å². The van der Waals surface area contributed by atoms with Gasteiger partial charge in [-0.15, -0.1) is 0 Å². The fourth-order valence-corrected chi connectivity index (χ4v) is 2.11. The standard InChI is InChI=1S/C11H14FN/c12-10-5-4-8-2-1-3-9(7-13)11(8)6-10/h4-6,9H,1-3,7,13H2/t9-/m1/s1. The van der Waals surface area contributed by atoms with Gasteiger partial charge in [0.2, 0.25) is 0 Å². The smallest absolute Gasteiger partial charge is 0.123 e. The van der Waals surface area contributed by atoms with Crippen LogP contribution < -0.4 is 5.73 Å². The molecule has 0 saturated carbocycles. The minimum atomic E-state index is -0.140. The van der Waals surface area contributed by atoms with E-state index in [0.717, 1.165) is 18.4 Å². The number of benzene rings is 1. The molecule has 2 heteroatoms. The lowest BCUT2D eigenvalue weighted by atomic mass is 9.83. The maximum Gasteiger partial charge on any atom is 0.123 e. The minimum absolute atomic E-state index is 0.140. The van der Waals surface area contributed by atoms with Gasteiger partial charge in [-0.25, -0.2) is 4.39 Å². The van der Waals surface area contributed by atoms with E-state index in [4.69, 9.17) is 5.73 Å². The van der Waals surface area contributed by atoms with Gasteiger partial charge in [-0.05, 0) is 55.0 Å². The zero-order valence-corrected chi connectivity index (χ0v) is 7.59. The third-order valence-corrected chi connectivity index (χ3v) is 2.83. The van der Waals surface area contributed by atoms with E-state index >= 15 is 0 Å². The maximum absolute atomic E-state index is 13.0. The van der Waals surface area contributed by atoms with Crippen molar-refractivity contribution in [2.24, 2.45) is 5.73 Å². The summed E-state index contributed by atoms with van der Waals surface area (Å²) in [6, 6.07) is 5.08. The minimum Gasteiger partial charge on any atom is -0.330 e. The Morgan fingerprint density at radius 3 is 3.08 bits per heavy atom. The molecule has 1 aromatic carbocycles. The molecular formula is C11H14FN. The summed E-state index contributed by atoms with van der Waals surface area (Å²) in [5, 5.41) is 0. The summed E-state index contributed by atoms with van der Waals surface area (Å²) < 4.78 is 13.0. The van der Waals surface area contributed by atoms with Crippen LogP contribution in [0.25, 0.3) is 0 Å². The van der Waals surface area contributed by atoms with Crippen molar-refractivity contribution in [3.8, 4) is 0 Å². The number of fused-ring (bicyclic) bond motifs is 1. The van der Waals surface area contributed by atoms with Crippen molar-refractivity contribution in [2.75, 3.05) is 6.54 Å². The normalized spacial score (nSPS) is 21.2. The van der Waals surface area contributed by atoms with Crippen molar-refractivity contribution in [1.29, 1.82) is 0 Å². The number of halogens is 1. The van der Waals surface area contributed by atoms with Crippen LogP contribution in [0.2, 0.25) is 0 Å². The number of hydrogen-bond acceptors (Lipinski definition) is 1. The molecule has 0 heterocycles. The monoisotopic (exact) mass is 179 g/mol. The Labute approximate surface area is 77.8 Å². The molecule has 0 unspecified atom stereocenters. The molecule has 0 fully saturated rings. The molecule has 0 aliphatic heterocycles. The van der Waals surface area contributed by atoms with E-state index in [2.05, 4.69) is 0 Å². The van der Waals surface area contributed by atoms with Gasteiger partial charge >= 0.3 is 0 Å². The van der Waals surface area contributed by atoms with Gasteiger partial charge in [-0.3, -0.25) is 0 Å². The highest BCUT2D eigenvalue weighted by atomic mass is 19.1. The average Bonchev–Trinajstić information content (AvgIpc) is 2.17. The van der Waals surface area contributed by atoms with Gasteiger partial charge < -0.3 is 5.73 Å². The Hall–Kier alpha value is -0.890. The van der Waals surface area contributed by atoms with Crippen LogP contribution in [-0.2, 0) is 6.42 Å². The summed E-state index contributed by atoms with van der Waals surface area (Å²) in [5.41, 5.74) is 8.06. The van der Waals surface area contributed by atoms with Gasteiger partial charge in [0, 0.05) is 0 Å². The first-order valence-electron chi connectivity index (χ1n) is 4.79. The molecule has 0 saturated heterocycles. The first kappa shape index (κ1) is 8.70. The first-order valence-corrected chi connectivity index (χ1v) is 4.79. The van der Waals surface area contributed by atoms with E-state index in [0.29, 0.717) is 12.5 Å². The van der Waals surface area contributed by atoms with Crippen LogP contribution in [0.4, 0.5) is 4.39 Å². The zero-order valence-electron chi connectivity index (χ0n) is 7.59. The van der Waals surface area contributed by atoms with Gasteiger partial charge in [0.1, 0.15) is 5.82 Å². The zero-order chi connectivity index (χ0) is 9.26. The van der Waals surface area contributed by atoms with Crippen LogP contribution in [0.5, 0.6) is 0 Å². The van der Waals surface area contributed by atoms with Gasteiger partial charge in [0.05, 0.1) is 0 Å². The fraction of sp³-hybridized carbons (Fsp3) is 0.455. The lowest BCUT2D eigenvalue weighted by Crippen LogP contribution is -2.18. The maximum atomic E-state index is 13.0. The molecule has 2 N–H and O–H groups in total. The lowest BCUT2D eigenvalue weighted by molar-refractivity contribution is 0.549. The topological polar surface area (TPSA) is 26.0 Å². The summed E-state index contributed by atoms with van der Waals surface area (Å²) >= 11 is 0. The largest absolute Gasteiger partial charge is 0.330 e. The molecule has 1 aliphatic rings. The molecule has 1 nitrogen and oxygen atoms in total. The predicted molar refractivity (Wildman–Crippen MR) is 51.1 cm³/mol. The van der Waals surface area contributed by atoms with Crippen LogP contribution in [-0.4, -0.2) is 6.54 Å². The fourth-order valence-electron chi connectivity index (χ4n) is 2.11. The molecule has 70 valence electrons. The highest BCUT2D eigenvalue weighted by molar-refractivity contribution is 5.33. The van der Waals surface area contributed by atoms with Gasteiger partial charge in [0.15, 0.2) is 0 Å². The highest BCUT2D eigenvalue weighted by Gasteiger charge is 2.18. The number of aryl methyl sites for hydroxylation is 1. The van der Waals surface area contributed by atoms with Crippen LogP contribution in [0.15, 0.2) is 18.2 Å². The van der Waals surface area contributed by atoms with Crippen molar-refractivity contribution >= 4 is 0 Å². The molecular weight excluding hydrogens is 165 g/mol. The molecule has 2 rings (SSSR count). The van der Waals surface area contributed by atoms with E-state index in [-0.39, 0.29) is 5.82 Å². The van der Waals surface area contributed by atoms with Crippen LogP contribution >= 0.6 is 0 Å². The molecule has 1 atom stereocenters. The molecule has 1 aromatic rings. The van der Waals surface area contributed by atoms with E-state index in [1.165, 1.54) is 18.1 Å². The summed E-state index contributed by atoms with van der Waals surface area (Å²) in [4.78, 5) is 0. The molecule has 0 radical (unpaired) electrons. The Bertz CT molecular complexity index is 309. The molecule has 1 aliphatic carbocycles. The second-order valence-corrected chi connectivity index (χ2v) is 3.67. The Morgan fingerprint density at radius 1 is 1.46 bits per heavy atom.